The molecule has 1 unspecified atom stereocenters. The number of ketones is 1. The van der Waals surface area contributed by atoms with E-state index in [1.165, 1.54) is 0 Å². The molecule has 3 aromatic carbocycles. The minimum absolute atomic E-state index is 0.139. The number of amides is 1. The second-order valence-corrected chi connectivity index (χ2v) is 7.23. The molecule has 0 radical (unpaired) electrons. The third-order valence-electron chi connectivity index (χ3n) is 4.99. The fraction of sp³-hybridized carbons (Fsp3) is 0.0769. The molecule has 0 spiro atoms. The summed E-state index contributed by atoms with van der Waals surface area (Å²) in [5.41, 5.74) is 0.538. The number of carbonyl (C=O) groups excluding carboxylic acids is 4. The molecule has 0 aromatic heterocycles. The van der Waals surface area contributed by atoms with Crippen LogP contribution in [0.4, 0.5) is 5.69 Å². The van der Waals surface area contributed by atoms with Crippen molar-refractivity contribution in [3.8, 4) is 0 Å². The third kappa shape index (κ3) is 4.16. The van der Waals surface area contributed by atoms with Crippen molar-refractivity contribution in [1.29, 1.82) is 0 Å². The number of hydrogen-bond donors (Lipinski definition) is 1. The van der Waals surface area contributed by atoms with E-state index < -0.39 is 29.4 Å². The SMILES string of the molecule is CC(=O)OC1(c2ccccc2)OC(=O)C(=O)/C1=C(/C(=O)Nc1ccccc1)c1ccccc1. The molecular formula is C26H19NO6. The van der Waals surface area contributed by atoms with Crippen molar-refractivity contribution < 1.29 is 28.7 Å². The van der Waals surface area contributed by atoms with Crippen LogP contribution >= 0.6 is 0 Å². The van der Waals surface area contributed by atoms with Gasteiger partial charge < -0.3 is 14.8 Å². The third-order valence-corrected chi connectivity index (χ3v) is 4.99. The number of cyclic esters (lactones) is 1. The predicted molar refractivity (Wildman–Crippen MR) is 119 cm³/mol. The number of rotatable bonds is 5. The van der Waals surface area contributed by atoms with Crippen LogP contribution in [0.2, 0.25) is 0 Å². The Balaban J connectivity index is 2.01. The number of anilines is 1. The molecule has 33 heavy (non-hydrogen) atoms. The van der Waals surface area contributed by atoms with E-state index in [1.807, 2.05) is 0 Å². The van der Waals surface area contributed by atoms with Crippen LogP contribution in [0.15, 0.2) is 96.6 Å². The van der Waals surface area contributed by atoms with E-state index in [1.54, 1.807) is 91.0 Å². The van der Waals surface area contributed by atoms with Gasteiger partial charge in [0.15, 0.2) is 0 Å². The molecule has 0 bridgehead atoms. The molecule has 1 atom stereocenters. The first-order valence-corrected chi connectivity index (χ1v) is 10.1. The van der Waals surface area contributed by atoms with Crippen molar-refractivity contribution in [2.75, 3.05) is 5.32 Å². The summed E-state index contributed by atoms with van der Waals surface area (Å²) in [7, 11) is 0. The first kappa shape index (κ1) is 21.7. The lowest BCUT2D eigenvalue weighted by molar-refractivity contribution is -0.206. The first-order valence-electron chi connectivity index (χ1n) is 10.1. The maximum Gasteiger partial charge on any atom is 0.383 e. The predicted octanol–water partition coefficient (Wildman–Crippen LogP) is 3.62. The normalized spacial score (nSPS) is 18.9. The van der Waals surface area contributed by atoms with Gasteiger partial charge in [0, 0.05) is 18.2 Å². The quantitative estimate of drug-likeness (QED) is 0.369. The molecule has 3 aromatic rings. The summed E-state index contributed by atoms with van der Waals surface area (Å²) in [5, 5.41) is 2.74. The summed E-state index contributed by atoms with van der Waals surface area (Å²) >= 11 is 0. The minimum Gasteiger partial charge on any atom is -0.414 e. The molecule has 4 rings (SSSR count). The Kier molecular flexibility index (Phi) is 5.87. The Hall–Kier alpha value is -4.52. The topological polar surface area (TPSA) is 98.8 Å². The molecule has 7 heteroatoms. The van der Waals surface area contributed by atoms with Crippen molar-refractivity contribution in [3.63, 3.8) is 0 Å². The lowest BCUT2D eigenvalue weighted by Crippen LogP contribution is -2.35. The Labute approximate surface area is 189 Å². The standard InChI is InChI=1S/C26H19NO6/c1-17(28)32-26(19-13-7-3-8-14-19)22(23(29)25(31)33-26)21(18-11-5-2-6-12-18)24(30)27-20-15-9-4-10-16-20/h2-16H,1H3,(H,27,30)/b22-21-. The molecule has 0 saturated carbocycles. The molecular weight excluding hydrogens is 422 g/mol. The van der Waals surface area contributed by atoms with Crippen LogP contribution in [-0.4, -0.2) is 23.6 Å². The van der Waals surface area contributed by atoms with Crippen LogP contribution in [0.1, 0.15) is 18.1 Å². The van der Waals surface area contributed by atoms with Crippen molar-refractivity contribution >= 4 is 34.9 Å². The molecule has 1 saturated heterocycles. The van der Waals surface area contributed by atoms with Gasteiger partial charge in [-0.1, -0.05) is 78.9 Å². The van der Waals surface area contributed by atoms with Crippen molar-refractivity contribution in [2.24, 2.45) is 0 Å². The van der Waals surface area contributed by atoms with Crippen LogP contribution in [0.25, 0.3) is 5.57 Å². The number of benzene rings is 3. The highest BCUT2D eigenvalue weighted by Crippen LogP contribution is 2.45. The van der Waals surface area contributed by atoms with Crippen molar-refractivity contribution in [1.82, 2.24) is 0 Å². The van der Waals surface area contributed by atoms with E-state index in [2.05, 4.69) is 5.32 Å². The van der Waals surface area contributed by atoms with Gasteiger partial charge in [-0.3, -0.25) is 14.4 Å². The molecule has 1 fully saturated rings. The number of para-hydroxylation sites is 1. The minimum atomic E-state index is -2.21. The molecule has 1 heterocycles. The summed E-state index contributed by atoms with van der Waals surface area (Å²) in [6, 6.07) is 25.1. The number of ether oxygens (including phenoxy) is 2. The summed E-state index contributed by atoms with van der Waals surface area (Å²) in [6.07, 6.45) is 0. The fourth-order valence-corrected chi connectivity index (χ4v) is 3.66. The van der Waals surface area contributed by atoms with Gasteiger partial charge >= 0.3 is 17.7 Å². The Morgan fingerprint density at radius 2 is 1.36 bits per heavy atom. The van der Waals surface area contributed by atoms with E-state index in [0.29, 0.717) is 11.3 Å². The summed E-state index contributed by atoms with van der Waals surface area (Å²) < 4.78 is 10.9. The molecule has 7 nitrogen and oxygen atoms in total. The lowest BCUT2D eigenvalue weighted by Gasteiger charge is -2.29. The van der Waals surface area contributed by atoms with Crippen LogP contribution < -0.4 is 5.32 Å². The zero-order valence-electron chi connectivity index (χ0n) is 17.6. The maximum absolute atomic E-state index is 13.5. The van der Waals surface area contributed by atoms with Gasteiger partial charge in [0.25, 0.3) is 11.7 Å². The number of carbonyl (C=O) groups is 4. The smallest absolute Gasteiger partial charge is 0.383 e. The van der Waals surface area contributed by atoms with Gasteiger partial charge in [0.1, 0.15) is 5.57 Å². The molecule has 164 valence electrons. The largest absolute Gasteiger partial charge is 0.414 e. The maximum atomic E-state index is 13.5. The van der Waals surface area contributed by atoms with Gasteiger partial charge in [-0.15, -0.1) is 0 Å². The highest BCUT2D eigenvalue weighted by Gasteiger charge is 2.58. The molecule has 0 aliphatic carbocycles. The van der Waals surface area contributed by atoms with E-state index in [9.17, 15) is 19.2 Å². The number of hydrogen-bond acceptors (Lipinski definition) is 6. The number of Topliss-reactive ketones (excluding diaryl/α,β-unsaturated/α-hetero) is 1. The first-order chi connectivity index (χ1) is 15.9. The van der Waals surface area contributed by atoms with E-state index in [0.717, 1.165) is 6.92 Å². The number of esters is 2. The molecule has 1 N–H and O–H groups in total. The van der Waals surface area contributed by atoms with Gasteiger partial charge in [0.2, 0.25) is 0 Å². The molecule has 1 amide bonds. The van der Waals surface area contributed by atoms with Gasteiger partial charge in [0.05, 0.1) is 5.57 Å². The summed E-state index contributed by atoms with van der Waals surface area (Å²) in [4.78, 5) is 51.3. The fourth-order valence-electron chi connectivity index (χ4n) is 3.66. The average molecular weight is 441 g/mol. The van der Waals surface area contributed by atoms with E-state index >= 15 is 0 Å². The van der Waals surface area contributed by atoms with Gasteiger partial charge in [-0.25, -0.2) is 4.79 Å². The second-order valence-electron chi connectivity index (χ2n) is 7.23. The summed E-state index contributed by atoms with van der Waals surface area (Å²) in [6.45, 7) is 1.13. The van der Waals surface area contributed by atoms with Crippen LogP contribution in [0.5, 0.6) is 0 Å². The zero-order chi connectivity index (χ0) is 23.4. The number of nitrogens with one attached hydrogen (secondary N) is 1. The zero-order valence-corrected chi connectivity index (χ0v) is 17.6. The molecule has 1 aliphatic heterocycles. The van der Waals surface area contributed by atoms with Crippen LogP contribution in [0, 0.1) is 0 Å². The van der Waals surface area contributed by atoms with Crippen molar-refractivity contribution in [2.45, 2.75) is 12.7 Å². The van der Waals surface area contributed by atoms with Crippen molar-refractivity contribution in [3.05, 3.63) is 108 Å². The highest BCUT2D eigenvalue weighted by atomic mass is 16.7. The average Bonchev–Trinajstić information content (AvgIpc) is 3.06. The Bertz CT molecular complexity index is 1250. The van der Waals surface area contributed by atoms with Crippen LogP contribution in [-0.2, 0) is 34.4 Å². The monoisotopic (exact) mass is 441 g/mol. The Morgan fingerprint density at radius 3 is 1.94 bits per heavy atom. The highest BCUT2D eigenvalue weighted by molar-refractivity contribution is 6.48. The molecule has 1 aliphatic rings. The second kappa shape index (κ2) is 8.92. The van der Waals surface area contributed by atoms with Gasteiger partial charge in [-0.2, -0.15) is 0 Å². The van der Waals surface area contributed by atoms with Gasteiger partial charge in [-0.05, 0) is 17.7 Å². The lowest BCUT2D eigenvalue weighted by atomic mass is 9.88. The Morgan fingerprint density at radius 1 is 0.818 bits per heavy atom. The van der Waals surface area contributed by atoms with E-state index in [-0.39, 0.29) is 16.7 Å². The van der Waals surface area contributed by atoms with E-state index in [4.69, 9.17) is 9.47 Å². The summed E-state index contributed by atoms with van der Waals surface area (Å²) in [5.74, 6) is -5.96. The van der Waals surface area contributed by atoms with Crippen LogP contribution in [0.3, 0.4) is 0 Å².